The van der Waals surface area contributed by atoms with Crippen molar-refractivity contribution < 1.29 is 4.79 Å². The zero-order chi connectivity index (χ0) is 15.4. The van der Waals surface area contributed by atoms with Crippen LogP contribution in [0.4, 0.5) is 5.13 Å². The van der Waals surface area contributed by atoms with Gasteiger partial charge in [0.15, 0.2) is 5.13 Å². The summed E-state index contributed by atoms with van der Waals surface area (Å²) in [5, 5.41) is 16.1. The number of thiazole rings is 1. The first-order valence-corrected chi connectivity index (χ1v) is 8.60. The third kappa shape index (κ3) is 3.53. The molecule has 6 nitrogen and oxygen atoms in total. The highest BCUT2D eigenvalue weighted by Crippen LogP contribution is 2.22. The number of nitrogens with one attached hydrogen (secondary N) is 3. The molecule has 0 aromatic carbocycles. The number of aryl methyl sites for hydroxylation is 1. The predicted molar refractivity (Wildman–Crippen MR) is 87.1 cm³/mol. The maximum absolute atomic E-state index is 12.0. The molecule has 0 aliphatic heterocycles. The summed E-state index contributed by atoms with van der Waals surface area (Å²) in [6, 6.07) is -0.251. The normalized spacial score (nSPS) is 15.3. The summed E-state index contributed by atoms with van der Waals surface area (Å²) in [5.74, 6) is -0.0565. The maximum Gasteiger partial charge on any atom is 0.243 e. The minimum Gasteiger partial charge on any atom is -0.306 e. The van der Waals surface area contributed by atoms with E-state index in [0.29, 0.717) is 5.13 Å². The Labute approximate surface area is 133 Å². The Morgan fingerprint density at radius 2 is 2.32 bits per heavy atom. The van der Waals surface area contributed by atoms with Crippen LogP contribution < -0.4 is 10.6 Å². The van der Waals surface area contributed by atoms with Crippen molar-refractivity contribution >= 4 is 22.4 Å². The van der Waals surface area contributed by atoms with Crippen molar-refractivity contribution in [2.75, 3.05) is 11.9 Å². The number of hydrogen-bond donors (Lipinski definition) is 3. The maximum atomic E-state index is 12.0. The van der Waals surface area contributed by atoms with Crippen LogP contribution in [0.25, 0.3) is 0 Å². The number of carbonyl (C=O) groups excluding carboxylic acids is 1. The smallest absolute Gasteiger partial charge is 0.243 e. The van der Waals surface area contributed by atoms with Gasteiger partial charge < -0.3 is 10.6 Å². The molecule has 0 spiro atoms. The van der Waals surface area contributed by atoms with E-state index in [1.165, 1.54) is 35.4 Å². The number of nitrogens with zero attached hydrogens (tertiary/aromatic N) is 2. The Balaban J connectivity index is 1.46. The van der Waals surface area contributed by atoms with Crippen LogP contribution in [-0.4, -0.2) is 33.7 Å². The number of aromatic amines is 1. The average Bonchev–Trinajstić information content (AvgIpc) is 3.17. The third-order valence-electron chi connectivity index (χ3n) is 4.01. The number of carbonyl (C=O) groups is 1. The standard InChI is InChI=1S/C15H21N5OS/c1-10(14(21)18-15-17-8-9-22-15)16-7-6-13-11-4-2-3-5-12(11)19-20-13/h8-10,16H,2-7H2,1H3,(H,19,20)(H,17,18,21). The molecule has 3 rings (SSSR count). The Bertz CT molecular complexity index is 622. The van der Waals surface area contributed by atoms with E-state index in [-0.39, 0.29) is 11.9 Å². The van der Waals surface area contributed by atoms with E-state index in [1.54, 1.807) is 6.20 Å². The molecular formula is C15H21N5OS. The van der Waals surface area contributed by atoms with Gasteiger partial charge in [0.25, 0.3) is 0 Å². The lowest BCUT2D eigenvalue weighted by Gasteiger charge is -2.14. The molecule has 0 radical (unpaired) electrons. The van der Waals surface area contributed by atoms with Crippen molar-refractivity contribution in [2.45, 2.75) is 45.1 Å². The van der Waals surface area contributed by atoms with Crippen LogP contribution in [0.1, 0.15) is 36.7 Å². The molecule has 22 heavy (non-hydrogen) atoms. The summed E-state index contributed by atoms with van der Waals surface area (Å²) in [6.45, 7) is 2.60. The van der Waals surface area contributed by atoms with Crippen LogP contribution >= 0.6 is 11.3 Å². The number of anilines is 1. The van der Waals surface area contributed by atoms with Gasteiger partial charge in [-0.05, 0) is 38.2 Å². The van der Waals surface area contributed by atoms with Crippen molar-refractivity contribution in [1.82, 2.24) is 20.5 Å². The van der Waals surface area contributed by atoms with E-state index in [0.717, 1.165) is 31.5 Å². The number of hydrogen-bond acceptors (Lipinski definition) is 5. The van der Waals surface area contributed by atoms with Gasteiger partial charge in [0.1, 0.15) is 0 Å². The molecule has 1 atom stereocenters. The van der Waals surface area contributed by atoms with E-state index in [4.69, 9.17) is 0 Å². The fraction of sp³-hybridized carbons (Fsp3) is 0.533. The third-order valence-corrected chi connectivity index (χ3v) is 4.70. The molecule has 0 bridgehead atoms. The Morgan fingerprint density at radius 1 is 1.45 bits per heavy atom. The summed E-state index contributed by atoms with van der Waals surface area (Å²) < 4.78 is 0. The van der Waals surface area contributed by atoms with Gasteiger partial charge >= 0.3 is 0 Å². The molecule has 2 aromatic rings. The van der Waals surface area contributed by atoms with Gasteiger partial charge in [-0.1, -0.05) is 0 Å². The summed E-state index contributed by atoms with van der Waals surface area (Å²) in [4.78, 5) is 16.1. The van der Waals surface area contributed by atoms with Crippen LogP contribution in [0.3, 0.4) is 0 Å². The molecular weight excluding hydrogens is 298 g/mol. The average molecular weight is 319 g/mol. The first-order chi connectivity index (χ1) is 10.7. The Morgan fingerprint density at radius 3 is 3.14 bits per heavy atom. The van der Waals surface area contributed by atoms with Gasteiger partial charge in [-0.25, -0.2) is 4.98 Å². The summed E-state index contributed by atoms with van der Waals surface area (Å²) in [5.41, 5.74) is 3.85. The molecule has 0 fully saturated rings. The van der Waals surface area contributed by atoms with E-state index in [1.807, 2.05) is 12.3 Å². The highest BCUT2D eigenvalue weighted by atomic mass is 32.1. The lowest BCUT2D eigenvalue weighted by Crippen LogP contribution is -2.39. The highest BCUT2D eigenvalue weighted by Gasteiger charge is 2.17. The highest BCUT2D eigenvalue weighted by molar-refractivity contribution is 7.13. The van der Waals surface area contributed by atoms with Crippen LogP contribution in [0.5, 0.6) is 0 Å². The predicted octanol–water partition coefficient (Wildman–Crippen LogP) is 1.90. The summed E-state index contributed by atoms with van der Waals surface area (Å²) >= 11 is 1.42. The van der Waals surface area contributed by atoms with E-state index < -0.39 is 0 Å². The molecule has 0 saturated carbocycles. The lowest BCUT2D eigenvalue weighted by atomic mass is 9.95. The molecule has 2 aromatic heterocycles. The fourth-order valence-corrected chi connectivity index (χ4v) is 3.29. The molecule has 1 amide bonds. The quantitative estimate of drug-likeness (QED) is 0.759. The Hall–Kier alpha value is -1.73. The molecule has 118 valence electrons. The summed E-state index contributed by atoms with van der Waals surface area (Å²) in [7, 11) is 0. The second kappa shape index (κ2) is 7.02. The van der Waals surface area contributed by atoms with Gasteiger partial charge in [-0.3, -0.25) is 9.89 Å². The second-order valence-corrected chi connectivity index (χ2v) is 6.48. The number of rotatable bonds is 6. The monoisotopic (exact) mass is 319 g/mol. The van der Waals surface area contributed by atoms with Crippen LogP contribution in [-0.2, 0) is 24.1 Å². The molecule has 1 aliphatic carbocycles. The second-order valence-electron chi connectivity index (χ2n) is 5.59. The number of aromatic nitrogens is 3. The lowest BCUT2D eigenvalue weighted by molar-refractivity contribution is -0.117. The minimum absolute atomic E-state index is 0.0565. The first-order valence-electron chi connectivity index (χ1n) is 7.73. The van der Waals surface area contributed by atoms with Crippen LogP contribution in [0, 0.1) is 0 Å². The molecule has 2 heterocycles. The van der Waals surface area contributed by atoms with Crippen molar-refractivity contribution in [2.24, 2.45) is 0 Å². The fourth-order valence-electron chi connectivity index (χ4n) is 2.75. The minimum atomic E-state index is -0.251. The van der Waals surface area contributed by atoms with Gasteiger partial charge in [-0.15, -0.1) is 11.3 Å². The van der Waals surface area contributed by atoms with E-state index in [2.05, 4.69) is 25.8 Å². The number of amides is 1. The molecule has 7 heteroatoms. The van der Waals surface area contributed by atoms with Crippen molar-refractivity contribution in [1.29, 1.82) is 0 Å². The largest absolute Gasteiger partial charge is 0.306 e. The zero-order valence-corrected chi connectivity index (χ0v) is 13.5. The molecule has 0 saturated heterocycles. The SMILES string of the molecule is CC(NCCc1n[nH]c2c1CCCC2)C(=O)Nc1nccs1. The molecule has 1 aliphatic rings. The van der Waals surface area contributed by atoms with Crippen LogP contribution in [0.2, 0.25) is 0 Å². The van der Waals surface area contributed by atoms with E-state index in [9.17, 15) is 4.79 Å². The number of H-pyrrole nitrogens is 1. The number of fused-ring (bicyclic) bond motifs is 1. The zero-order valence-electron chi connectivity index (χ0n) is 12.7. The Kier molecular flexibility index (Phi) is 4.84. The van der Waals surface area contributed by atoms with Crippen molar-refractivity contribution in [3.05, 3.63) is 28.5 Å². The van der Waals surface area contributed by atoms with Gasteiger partial charge in [0.05, 0.1) is 11.7 Å². The van der Waals surface area contributed by atoms with Crippen molar-refractivity contribution in [3.8, 4) is 0 Å². The van der Waals surface area contributed by atoms with Gasteiger partial charge in [-0.2, -0.15) is 5.10 Å². The molecule has 1 unspecified atom stereocenters. The van der Waals surface area contributed by atoms with Crippen LogP contribution in [0.15, 0.2) is 11.6 Å². The molecule has 3 N–H and O–H groups in total. The first kappa shape index (κ1) is 15.2. The summed E-state index contributed by atoms with van der Waals surface area (Å²) in [6.07, 6.45) is 7.27. The van der Waals surface area contributed by atoms with Gasteiger partial charge in [0.2, 0.25) is 5.91 Å². The van der Waals surface area contributed by atoms with Gasteiger partial charge in [0, 0.05) is 30.2 Å². The topological polar surface area (TPSA) is 82.7 Å². The van der Waals surface area contributed by atoms with E-state index >= 15 is 0 Å². The van der Waals surface area contributed by atoms with Crippen molar-refractivity contribution in [3.63, 3.8) is 0 Å².